The minimum absolute atomic E-state index is 0.0309. The Bertz CT molecular complexity index is 686. The molecule has 1 saturated heterocycles. The number of nitrogens with one attached hydrogen (secondary N) is 1. The van der Waals surface area contributed by atoms with Crippen LogP contribution in [0.3, 0.4) is 0 Å². The Kier molecular flexibility index (Phi) is 3.34. The van der Waals surface area contributed by atoms with Gasteiger partial charge in [0, 0.05) is 13.1 Å². The highest BCUT2D eigenvalue weighted by Crippen LogP contribution is 2.16. The van der Waals surface area contributed by atoms with Crippen LogP contribution in [0.2, 0.25) is 0 Å². The minimum Gasteiger partial charge on any atom is -0.341 e. The standard InChI is InChI=1S/C15H19N3O2/c1-11-5-4-8-17(9-11)14(19)10-18-13-7-3-2-6-12(13)16-15(18)20/h2-3,6-7,11H,4-5,8-10H2,1H3,(H,16,20). The zero-order chi connectivity index (χ0) is 14.1. The monoisotopic (exact) mass is 273 g/mol. The fourth-order valence-electron chi connectivity index (χ4n) is 2.91. The van der Waals surface area contributed by atoms with Crippen molar-refractivity contribution in [1.29, 1.82) is 0 Å². The number of aromatic nitrogens is 2. The van der Waals surface area contributed by atoms with E-state index in [1.165, 1.54) is 11.0 Å². The van der Waals surface area contributed by atoms with Crippen LogP contribution in [0.1, 0.15) is 19.8 Å². The second kappa shape index (κ2) is 5.15. The van der Waals surface area contributed by atoms with E-state index in [0.717, 1.165) is 30.5 Å². The number of carbonyl (C=O) groups is 1. The number of piperidine rings is 1. The molecule has 2 aromatic rings. The van der Waals surface area contributed by atoms with E-state index in [2.05, 4.69) is 11.9 Å². The van der Waals surface area contributed by atoms with Crippen LogP contribution in [0.4, 0.5) is 0 Å². The van der Waals surface area contributed by atoms with Gasteiger partial charge in [-0.3, -0.25) is 9.36 Å². The predicted molar refractivity (Wildman–Crippen MR) is 77.5 cm³/mol. The highest BCUT2D eigenvalue weighted by molar-refractivity contribution is 5.80. The number of likely N-dealkylation sites (tertiary alicyclic amines) is 1. The number of imidazole rings is 1. The molecule has 5 heteroatoms. The second-order valence-corrected chi connectivity index (χ2v) is 5.62. The second-order valence-electron chi connectivity index (χ2n) is 5.62. The van der Waals surface area contributed by atoms with Gasteiger partial charge >= 0.3 is 5.69 Å². The molecule has 0 aliphatic carbocycles. The first-order chi connectivity index (χ1) is 9.65. The molecule has 106 valence electrons. The summed E-state index contributed by atoms with van der Waals surface area (Å²) < 4.78 is 1.52. The first kappa shape index (κ1) is 13.0. The van der Waals surface area contributed by atoms with Gasteiger partial charge < -0.3 is 9.88 Å². The van der Waals surface area contributed by atoms with Crippen LogP contribution < -0.4 is 5.69 Å². The first-order valence-corrected chi connectivity index (χ1v) is 7.10. The molecule has 0 saturated carbocycles. The molecule has 5 nitrogen and oxygen atoms in total. The number of hydrogen-bond donors (Lipinski definition) is 1. The van der Waals surface area contributed by atoms with Gasteiger partial charge in [-0.15, -0.1) is 0 Å². The van der Waals surface area contributed by atoms with Crippen LogP contribution in [-0.4, -0.2) is 33.4 Å². The van der Waals surface area contributed by atoms with E-state index in [0.29, 0.717) is 5.92 Å². The van der Waals surface area contributed by atoms with Gasteiger partial charge in [-0.25, -0.2) is 4.79 Å². The first-order valence-electron chi connectivity index (χ1n) is 7.10. The van der Waals surface area contributed by atoms with Crippen molar-refractivity contribution in [2.75, 3.05) is 13.1 Å². The summed E-state index contributed by atoms with van der Waals surface area (Å²) >= 11 is 0. The van der Waals surface area contributed by atoms with Crippen molar-refractivity contribution in [3.63, 3.8) is 0 Å². The number of H-pyrrole nitrogens is 1. The molecule has 0 bridgehead atoms. The molecule has 1 N–H and O–H groups in total. The Morgan fingerprint density at radius 1 is 1.40 bits per heavy atom. The van der Waals surface area contributed by atoms with Crippen molar-refractivity contribution in [3.05, 3.63) is 34.7 Å². The highest BCUT2D eigenvalue weighted by atomic mass is 16.2. The molecule has 3 rings (SSSR count). The van der Waals surface area contributed by atoms with Gasteiger partial charge in [0.25, 0.3) is 0 Å². The fraction of sp³-hybridized carbons (Fsp3) is 0.467. The molecule has 2 heterocycles. The molecule has 1 fully saturated rings. The number of rotatable bonds is 2. The van der Waals surface area contributed by atoms with E-state index >= 15 is 0 Å². The largest absolute Gasteiger partial charge is 0.341 e. The topological polar surface area (TPSA) is 58.1 Å². The maximum atomic E-state index is 12.4. The van der Waals surface area contributed by atoms with E-state index in [1.807, 2.05) is 29.2 Å². The van der Waals surface area contributed by atoms with Crippen molar-refractivity contribution in [3.8, 4) is 0 Å². The molecule has 1 unspecified atom stereocenters. The Morgan fingerprint density at radius 2 is 2.20 bits per heavy atom. The third-order valence-corrected chi connectivity index (χ3v) is 3.98. The SMILES string of the molecule is CC1CCCN(C(=O)Cn2c(=O)[nH]c3ccccc32)C1. The lowest BCUT2D eigenvalue weighted by atomic mass is 10.0. The Hall–Kier alpha value is -2.04. The lowest BCUT2D eigenvalue weighted by molar-refractivity contribution is -0.133. The molecular weight excluding hydrogens is 254 g/mol. The van der Waals surface area contributed by atoms with Gasteiger partial charge in [0.2, 0.25) is 5.91 Å². The van der Waals surface area contributed by atoms with E-state index in [-0.39, 0.29) is 18.1 Å². The number of carbonyl (C=O) groups excluding carboxylic acids is 1. The average Bonchev–Trinajstić information content (AvgIpc) is 2.75. The number of benzene rings is 1. The molecule has 1 atom stereocenters. The summed E-state index contributed by atoms with van der Waals surface area (Å²) in [5.41, 5.74) is 1.35. The maximum absolute atomic E-state index is 12.4. The minimum atomic E-state index is -0.218. The summed E-state index contributed by atoms with van der Waals surface area (Å²) in [4.78, 5) is 29.0. The van der Waals surface area contributed by atoms with Crippen LogP contribution in [0.25, 0.3) is 11.0 Å². The average molecular weight is 273 g/mol. The summed E-state index contributed by atoms with van der Waals surface area (Å²) in [5.74, 6) is 0.579. The number of hydrogen-bond acceptors (Lipinski definition) is 2. The quantitative estimate of drug-likeness (QED) is 0.903. The third kappa shape index (κ3) is 2.35. The number of amides is 1. The van der Waals surface area contributed by atoms with E-state index < -0.39 is 0 Å². The number of aromatic amines is 1. The fourth-order valence-corrected chi connectivity index (χ4v) is 2.91. The van der Waals surface area contributed by atoms with E-state index in [4.69, 9.17) is 0 Å². The van der Waals surface area contributed by atoms with Crippen molar-refractivity contribution >= 4 is 16.9 Å². The number of nitrogens with zero attached hydrogens (tertiary/aromatic N) is 2. The van der Waals surface area contributed by atoms with Crippen molar-refractivity contribution in [1.82, 2.24) is 14.5 Å². The molecule has 1 aliphatic rings. The van der Waals surface area contributed by atoms with Crippen molar-refractivity contribution in [2.45, 2.75) is 26.3 Å². The number of para-hydroxylation sites is 2. The number of fused-ring (bicyclic) bond motifs is 1. The summed E-state index contributed by atoms with van der Waals surface area (Å²) in [6.45, 7) is 3.89. The Morgan fingerprint density at radius 3 is 3.00 bits per heavy atom. The molecule has 1 aliphatic heterocycles. The Balaban J connectivity index is 1.84. The molecule has 1 aromatic heterocycles. The molecule has 1 aromatic carbocycles. The molecular formula is C15H19N3O2. The molecule has 1 amide bonds. The lowest BCUT2D eigenvalue weighted by Gasteiger charge is -2.31. The van der Waals surface area contributed by atoms with Gasteiger partial charge in [0.1, 0.15) is 6.54 Å². The van der Waals surface area contributed by atoms with Crippen LogP contribution in [0.15, 0.2) is 29.1 Å². The zero-order valence-electron chi connectivity index (χ0n) is 11.6. The van der Waals surface area contributed by atoms with Gasteiger partial charge in [0.15, 0.2) is 0 Å². The van der Waals surface area contributed by atoms with Crippen LogP contribution in [-0.2, 0) is 11.3 Å². The van der Waals surface area contributed by atoms with Crippen LogP contribution in [0, 0.1) is 5.92 Å². The van der Waals surface area contributed by atoms with Crippen LogP contribution in [0.5, 0.6) is 0 Å². The van der Waals surface area contributed by atoms with Gasteiger partial charge in [-0.2, -0.15) is 0 Å². The van der Waals surface area contributed by atoms with Crippen LogP contribution >= 0.6 is 0 Å². The third-order valence-electron chi connectivity index (χ3n) is 3.98. The van der Waals surface area contributed by atoms with Gasteiger partial charge in [0.05, 0.1) is 11.0 Å². The summed E-state index contributed by atoms with van der Waals surface area (Å²) in [5, 5.41) is 0. The normalized spacial score (nSPS) is 19.4. The summed E-state index contributed by atoms with van der Waals surface area (Å²) in [6, 6.07) is 7.45. The maximum Gasteiger partial charge on any atom is 0.326 e. The summed E-state index contributed by atoms with van der Waals surface area (Å²) in [7, 11) is 0. The van der Waals surface area contributed by atoms with Gasteiger partial charge in [-0.1, -0.05) is 19.1 Å². The van der Waals surface area contributed by atoms with Crippen molar-refractivity contribution in [2.24, 2.45) is 5.92 Å². The highest BCUT2D eigenvalue weighted by Gasteiger charge is 2.22. The van der Waals surface area contributed by atoms with E-state index in [1.54, 1.807) is 0 Å². The molecule has 0 radical (unpaired) electrons. The van der Waals surface area contributed by atoms with Crippen molar-refractivity contribution < 1.29 is 4.79 Å². The Labute approximate surface area is 117 Å². The summed E-state index contributed by atoms with van der Waals surface area (Å²) in [6.07, 6.45) is 2.23. The predicted octanol–water partition coefficient (Wildman–Crippen LogP) is 1.59. The lowest BCUT2D eigenvalue weighted by Crippen LogP contribution is -2.41. The van der Waals surface area contributed by atoms with Gasteiger partial charge in [-0.05, 0) is 30.9 Å². The van der Waals surface area contributed by atoms with E-state index in [9.17, 15) is 9.59 Å². The molecule has 0 spiro atoms. The molecule has 20 heavy (non-hydrogen) atoms. The zero-order valence-corrected chi connectivity index (χ0v) is 11.6. The smallest absolute Gasteiger partial charge is 0.326 e.